The van der Waals surface area contributed by atoms with Gasteiger partial charge in [0.25, 0.3) is 0 Å². The number of rotatable bonds is 5. The topological polar surface area (TPSA) is 96.4 Å². The quantitative estimate of drug-likeness (QED) is 0.712. The first-order valence-electron chi connectivity index (χ1n) is 5.73. The number of aromatic nitrogens is 1. The number of aliphatic hydroxyl groups excluding tert-OH is 1. The fraction of sp³-hybridized carbons (Fsp3) is 0.417. The maximum absolute atomic E-state index is 12.0. The molecule has 0 saturated heterocycles. The highest BCUT2D eigenvalue weighted by molar-refractivity contribution is 7.89. The number of sulfonamides is 1. The van der Waals surface area contributed by atoms with Crippen molar-refractivity contribution >= 4 is 20.8 Å². The second-order valence-corrected chi connectivity index (χ2v) is 7.60. The van der Waals surface area contributed by atoms with Crippen LogP contribution in [-0.4, -0.2) is 47.4 Å². The average Bonchev–Trinajstić information content (AvgIpc) is 2.42. The van der Waals surface area contributed by atoms with Crippen molar-refractivity contribution in [3.05, 3.63) is 24.0 Å². The Bertz CT molecular complexity index is 647. The minimum Gasteiger partial charge on any atom is -0.384 e. The van der Waals surface area contributed by atoms with Crippen molar-refractivity contribution in [1.82, 2.24) is 9.71 Å². The molecule has 0 aliphatic rings. The molecule has 1 aromatic heterocycles. The van der Waals surface area contributed by atoms with Crippen molar-refractivity contribution in [1.29, 1.82) is 0 Å². The van der Waals surface area contributed by atoms with Crippen molar-refractivity contribution < 1.29 is 17.7 Å². The molecule has 0 aliphatic heterocycles. The highest BCUT2D eigenvalue weighted by Gasteiger charge is 2.17. The van der Waals surface area contributed by atoms with Crippen LogP contribution in [-0.2, 0) is 20.8 Å². The van der Waals surface area contributed by atoms with Gasteiger partial charge in [0, 0.05) is 46.8 Å². The lowest BCUT2D eigenvalue weighted by molar-refractivity contribution is 0.350. The molecule has 0 radical (unpaired) electrons. The molecule has 0 spiro atoms. The van der Waals surface area contributed by atoms with E-state index >= 15 is 0 Å². The third kappa shape index (κ3) is 5.02. The molecule has 6 nitrogen and oxygen atoms in total. The van der Waals surface area contributed by atoms with Gasteiger partial charge in [-0.15, -0.1) is 0 Å². The highest BCUT2D eigenvalue weighted by atomic mass is 32.2. The Balaban J connectivity index is 2.90. The van der Waals surface area contributed by atoms with Crippen molar-refractivity contribution in [3.8, 4) is 11.8 Å². The minimum atomic E-state index is -3.71. The van der Waals surface area contributed by atoms with Crippen LogP contribution >= 0.6 is 0 Å². The Morgan fingerprint density at radius 3 is 2.80 bits per heavy atom. The number of aliphatic hydroxyl groups is 1. The van der Waals surface area contributed by atoms with Gasteiger partial charge in [-0.2, -0.15) is 0 Å². The number of hydrogen-bond acceptors (Lipinski definition) is 5. The Morgan fingerprint density at radius 1 is 1.50 bits per heavy atom. The molecular formula is C12H16N2O4S2. The van der Waals surface area contributed by atoms with Crippen LogP contribution in [0.2, 0.25) is 0 Å². The van der Waals surface area contributed by atoms with Gasteiger partial charge in [0.05, 0.1) is 0 Å². The predicted octanol–water partition coefficient (Wildman–Crippen LogP) is -0.529. The molecule has 0 aromatic carbocycles. The summed E-state index contributed by atoms with van der Waals surface area (Å²) in [5.41, 5.74) is 0.397. The average molecular weight is 316 g/mol. The van der Waals surface area contributed by atoms with Gasteiger partial charge in [-0.25, -0.2) is 13.1 Å². The van der Waals surface area contributed by atoms with E-state index in [4.69, 9.17) is 5.11 Å². The van der Waals surface area contributed by atoms with Crippen molar-refractivity contribution in [3.63, 3.8) is 0 Å². The standard InChI is InChI=1S/C12H16N2O4S2/c1-10(19(2)16)7-14-20(17,18)12-6-11(4-3-5-15)8-13-9-12/h6,8-10,14-15H,5,7H2,1-2H3. The van der Waals surface area contributed by atoms with Crippen LogP contribution in [0.1, 0.15) is 12.5 Å². The van der Waals surface area contributed by atoms with E-state index < -0.39 is 20.8 Å². The summed E-state index contributed by atoms with van der Waals surface area (Å²) >= 11 is 0. The van der Waals surface area contributed by atoms with Crippen molar-refractivity contribution in [2.45, 2.75) is 17.1 Å². The molecule has 0 bridgehead atoms. The smallest absolute Gasteiger partial charge is 0.242 e. The summed E-state index contributed by atoms with van der Waals surface area (Å²) < 4.78 is 37.6. The Hall–Kier alpha value is -1.27. The van der Waals surface area contributed by atoms with E-state index in [1.807, 2.05) is 0 Å². The largest absolute Gasteiger partial charge is 0.384 e. The maximum Gasteiger partial charge on any atom is 0.242 e. The molecule has 0 saturated carbocycles. The summed E-state index contributed by atoms with van der Waals surface area (Å²) in [7, 11) is -4.82. The molecule has 8 heteroatoms. The molecule has 2 N–H and O–H groups in total. The molecule has 110 valence electrons. The third-order valence-electron chi connectivity index (χ3n) is 2.46. The zero-order valence-electron chi connectivity index (χ0n) is 11.2. The van der Waals surface area contributed by atoms with Crippen LogP contribution in [0.3, 0.4) is 0 Å². The zero-order valence-corrected chi connectivity index (χ0v) is 12.8. The lowest BCUT2D eigenvalue weighted by Crippen LogP contribution is -2.32. The first-order valence-corrected chi connectivity index (χ1v) is 8.84. The minimum absolute atomic E-state index is 0.0173. The van der Waals surface area contributed by atoms with Gasteiger partial charge in [-0.3, -0.25) is 9.19 Å². The van der Waals surface area contributed by atoms with Gasteiger partial charge in [0.2, 0.25) is 10.0 Å². The van der Waals surface area contributed by atoms with E-state index in [0.29, 0.717) is 5.56 Å². The molecule has 1 heterocycles. The number of nitrogens with one attached hydrogen (secondary N) is 1. The maximum atomic E-state index is 12.0. The lowest BCUT2D eigenvalue weighted by Gasteiger charge is -2.10. The van der Waals surface area contributed by atoms with Gasteiger partial charge in [-0.1, -0.05) is 11.8 Å². The second kappa shape index (κ2) is 7.50. The number of nitrogens with zero attached hydrogens (tertiary/aromatic N) is 1. The Labute approximate surface area is 121 Å². The van der Waals surface area contributed by atoms with Gasteiger partial charge < -0.3 is 5.11 Å². The third-order valence-corrected chi connectivity index (χ3v) is 5.15. The summed E-state index contributed by atoms with van der Waals surface area (Å²) in [6.45, 7) is 1.47. The summed E-state index contributed by atoms with van der Waals surface area (Å²) in [6, 6.07) is 1.37. The van der Waals surface area contributed by atoms with Crippen LogP contribution in [0.25, 0.3) is 0 Å². The summed E-state index contributed by atoms with van der Waals surface area (Å²) in [6.07, 6.45) is 4.14. The van der Waals surface area contributed by atoms with E-state index in [0.717, 1.165) is 0 Å². The summed E-state index contributed by atoms with van der Waals surface area (Å²) in [5.74, 6) is 5.01. The first-order chi connectivity index (χ1) is 9.36. The zero-order chi connectivity index (χ0) is 15.2. The SMILES string of the molecule is CC(CNS(=O)(=O)c1cncc(C#CCO)c1)S(C)=O. The van der Waals surface area contributed by atoms with Gasteiger partial charge >= 0.3 is 0 Å². The van der Waals surface area contributed by atoms with Crippen LogP contribution in [0, 0.1) is 11.8 Å². The van der Waals surface area contributed by atoms with Crippen molar-refractivity contribution in [2.75, 3.05) is 19.4 Å². The molecule has 0 amide bonds. The summed E-state index contributed by atoms with van der Waals surface area (Å²) in [4.78, 5) is 3.79. The molecule has 0 fully saturated rings. The normalized spacial score (nSPS) is 14.2. The molecule has 0 aliphatic carbocycles. The molecule has 2 atom stereocenters. The molecule has 2 unspecified atom stereocenters. The summed E-state index contributed by atoms with van der Waals surface area (Å²) in [5, 5.41) is 8.32. The van der Waals surface area contributed by atoms with E-state index in [1.165, 1.54) is 24.7 Å². The fourth-order valence-electron chi connectivity index (χ4n) is 1.20. The van der Waals surface area contributed by atoms with Crippen LogP contribution in [0.4, 0.5) is 0 Å². The highest BCUT2D eigenvalue weighted by Crippen LogP contribution is 2.09. The molecule has 1 aromatic rings. The Kier molecular flexibility index (Phi) is 6.29. The van der Waals surface area contributed by atoms with E-state index in [-0.39, 0.29) is 23.3 Å². The van der Waals surface area contributed by atoms with E-state index in [1.54, 1.807) is 6.92 Å². The second-order valence-electron chi connectivity index (χ2n) is 4.03. The van der Waals surface area contributed by atoms with E-state index in [9.17, 15) is 12.6 Å². The van der Waals surface area contributed by atoms with Crippen molar-refractivity contribution in [2.24, 2.45) is 0 Å². The number of pyridine rings is 1. The number of hydrogen-bond donors (Lipinski definition) is 2. The van der Waals surface area contributed by atoms with Crippen LogP contribution in [0.15, 0.2) is 23.4 Å². The van der Waals surface area contributed by atoms with E-state index in [2.05, 4.69) is 21.5 Å². The molecular weight excluding hydrogens is 300 g/mol. The predicted molar refractivity (Wildman–Crippen MR) is 76.9 cm³/mol. The monoisotopic (exact) mass is 316 g/mol. The lowest BCUT2D eigenvalue weighted by atomic mass is 10.3. The first kappa shape index (κ1) is 16.8. The van der Waals surface area contributed by atoms with Gasteiger partial charge in [0.1, 0.15) is 11.5 Å². The van der Waals surface area contributed by atoms with Crippen LogP contribution in [0.5, 0.6) is 0 Å². The Morgan fingerprint density at radius 2 is 2.20 bits per heavy atom. The molecule has 1 rings (SSSR count). The molecule has 20 heavy (non-hydrogen) atoms. The van der Waals surface area contributed by atoms with Gasteiger partial charge in [0.15, 0.2) is 0 Å². The van der Waals surface area contributed by atoms with Gasteiger partial charge in [-0.05, 0) is 13.0 Å². The fourth-order valence-corrected chi connectivity index (χ4v) is 2.74. The van der Waals surface area contributed by atoms with Crippen LogP contribution < -0.4 is 4.72 Å².